The molecule has 0 aromatic carbocycles. The predicted molar refractivity (Wildman–Crippen MR) is 66.4 cm³/mol. The van der Waals surface area contributed by atoms with Gasteiger partial charge in [0.15, 0.2) is 5.78 Å². The van der Waals surface area contributed by atoms with Gasteiger partial charge in [0.1, 0.15) is 6.61 Å². The zero-order valence-corrected chi connectivity index (χ0v) is 11.0. The number of Topliss-reactive ketones (excluding diaryl/α,β-unsaturated/α-hetero) is 1. The monoisotopic (exact) mass is 226 g/mol. The van der Waals surface area contributed by atoms with E-state index in [9.17, 15) is 4.79 Å². The zero-order valence-electron chi connectivity index (χ0n) is 11.0. The van der Waals surface area contributed by atoms with Crippen molar-refractivity contribution in [2.75, 3.05) is 13.2 Å². The molecule has 0 heterocycles. The fraction of sp³-hybridized carbons (Fsp3) is 0.929. The molecule has 0 bridgehead atoms. The van der Waals surface area contributed by atoms with Gasteiger partial charge in [-0.05, 0) is 24.2 Å². The van der Waals surface area contributed by atoms with Crippen molar-refractivity contribution >= 4 is 5.78 Å². The van der Waals surface area contributed by atoms with Crippen LogP contribution >= 0.6 is 0 Å². The van der Waals surface area contributed by atoms with Crippen LogP contribution in [0.1, 0.15) is 52.9 Å². The van der Waals surface area contributed by atoms with Crippen LogP contribution in [-0.2, 0) is 9.53 Å². The number of ketones is 1. The highest BCUT2D eigenvalue weighted by atomic mass is 16.5. The number of rotatable bonds is 6. The van der Waals surface area contributed by atoms with E-state index in [2.05, 4.69) is 13.8 Å². The van der Waals surface area contributed by atoms with Crippen LogP contribution in [0.2, 0.25) is 0 Å². The average Bonchev–Trinajstić information content (AvgIpc) is 2.23. The summed E-state index contributed by atoms with van der Waals surface area (Å²) in [6, 6.07) is 0. The summed E-state index contributed by atoms with van der Waals surface area (Å²) in [6.07, 6.45) is 5.59. The van der Waals surface area contributed by atoms with Gasteiger partial charge >= 0.3 is 0 Å². The maximum atomic E-state index is 11.3. The van der Waals surface area contributed by atoms with Gasteiger partial charge in [0.2, 0.25) is 0 Å². The molecule has 2 heteroatoms. The van der Waals surface area contributed by atoms with Gasteiger partial charge in [0.05, 0.1) is 6.61 Å². The highest BCUT2D eigenvalue weighted by Crippen LogP contribution is 2.34. The van der Waals surface area contributed by atoms with Crippen molar-refractivity contribution in [2.24, 2.45) is 17.8 Å². The van der Waals surface area contributed by atoms with E-state index in [1.54, 1.807) is 0 Å². The van der Waals surface area contributed by atoms with Gasteiger partial charge in [0, 0.05) is 6.42 Å². The van der Waals surface area contributed by atoms with Crippen molar-refractivity contribution in [3.8, 4) is 0 Å². The summed E-state index contributed by atoms with van der Waals surface area (Å²) >= 11 is 0. The summed E-state index contributed by atoms with van der Waals surface area (Å²) < 4.78 is 5.58. The lowest BCUT2D eigenvalue weighted by molar-refractivity contribution is -0.124. The van der Waals surface area contributed by atoms with E-state index in [4.69, 9.17) is 4.74 Å². The molecule has 1 rings (SSSR count). The number of hydrogen-bond acceptors (Lipinski definition) is 2. The molecular weight excluding hydrogens is 200 g/mol. The fourth-order valence-electron chi connectivity index (χ4n) is 2.74. The molecule has 1 aliphatic rings. The van der Waals surface area contributed by atoms with Crippen LogP contribution in [0.5, 0.6) is 0 Å². The third-order valence-corrected chi connectivity index (χ3v) is 3.88. The molecule has 1 aliphatic carbocycles. The van der Waals surface area contributed by atoms with E-state index in [-0.39, 0.29) is 5.78 Å². The van der Waals surface area contributed by atoms with Crippen molar-refractivity contribution in [1.82, 2.24) is 0 Å². The lowest BCUT2D eigenvalue weighted by Crippen LogP contribution is -2.29. The van der Waals surface area contributed by atoms with Gasteiger partial charge in [-0.25, -0.2) is 0 Å². The Hall–Kier alpha value is -0.370. The van der Waals surface area contributed by atoms with E-state index >= 15 is 0 Å². The Morgan fingerprint density at radius 1 is 1.25 bits per heavy atom. The molecule has 0 radical (unpaired) electrons. The van der Waals surface area contributed by atoms with Gasteiger partial charge in [0.25, 0.3) is 0 Å². The first-order chi connectivity index (χ1) is 7.65. The smallest absolute Gasteiger partial charge is 0.158 e. The third kappa shape index (κ3) is 4.25. The predicted octanol–water partition coefficient (Wildman–Crippen LogP) is 3.44. The van der Waals surface area contributed by atoms with Crippen LogP contribution < -0.4 is 0 Å². The topological polar surface area (TPSA) is 26.3 Å². The van der Waals surface area contributed by atoms with E-state index < -0.39 is 0 Å². The highest BCUT2D eigenvalue weighted by Gasteiger charge is 2.27. The summed E-state index contributed by atoms with van der Waals surface area (Å²) in [6.45, 7) is 7.76. The van der Waals surface area contributed by atoms with Gasteiger partial charge in [-0.1, -0.05) is 40.0 Å². The minimum absolute atomic E-state index is 0.249. The van der Waals surface area contributed by atoms with Gasteiger partial charge < -0.3 is 4.74 Å². The molecule has 0 aromatic rings. The van der Waals surface area contributed by atoms with Gasteiger partial charge in [-0.15, -0.1) is 0 Å². The Balaban J connectivity index is 2.22. The molecule has 0 saturated heterocycles. The maximum Gasteiger partial charge on any atom is 0.158 e. The quantitative estimate of drug-likeness (QED) is 0.693. The lowest BCUT2D eigenvalue weighted by Gasteiger charge is -2.34. The van der Waals surface area contributed by atoms with Crippen molar-refractivity contribution < 1.29 is 9.53 Å². The van der Waals surface area contributed by atoms with Crippen LogP contribution in [-0.4, -0.2) is 19.0 Å². The summed E-state index contributed by atoms with van der Waals surface area (Å²) in [7, 11) is 0. The second-order valence-corrected chi connectivity index (χ2v) is 5.35. The van der Waals surface area contributed by atoms with Gasteiger partial charge in [-0.2, -0.15) is 0 Å². The molecule has 0 spiro atoms. The van der Waals surface area contributed by atoms with E-state index in [1.807, 2.05) is 6.92 Å². The van der Waals surface area contributed by atoms with Gasteiger partial charge in [-0.3, -0.25) is 4.79 Å². The van der Waals surface area contributed by atoms with Crippen LogP contribution in [0.15, 0.2) is 0 Å². The molecule has 0 aromatic heterocycles. The largest absolute Gasteiger partial charge is 0.373 e. The number of hydrogen-bond donors (Lipinski definition) is 0. The molecule has 1 saturated carbocycles. The summed E-state index contributed by atoms with van der Waals surface area (Å²) in [4.78, 5) is 11.3. The summed E-state index contributed by atoms with van der Waals surface area (Å²) in [5.74, 6) is 2.41. The molecule has 1 fully saturated rings. The number of carbonyl (C=O) groups is 1. The first-order valence-electron chi connectivity index (χ1n) is 6.74. The Morgan fingerprint density at radius 2 is 1.88 bits per heavy atom. The third-order valence-electron chi connectivity index (χ3n) is 3.88. The zero-order chi connectivity index (χ0) is 12.0. The second-order valence-electron chi connectivity index (χ2n) is 5.35. The van der Waals surface area contributed by atoms with Crippen molar-refractivity contribution in [1.29, 1.82) is 0 Å². The molecular formula is C14H26O2. The first-order valence-corrected chi connectivity index (χ1v) is 6.74. The van der Waals surface area contributed by atoms with Crippen molar-refractivity contribution in [2.45, 2.75) is 52.9 Å². The molecule has 16 heavy (non-hydrogen) atoms. The fourth-order valence-corrected chi connectivity index (χ4v) is 2.74. The van der Waals surface area contributed by atoms with Crippen molar-refractivity contribution in [3.05, 3.63) is 0 Å². The summed E-state index contributed by atoms with van der Waals surface area (Å²) in [5, 5.41) is 0. The number of carbonyl (C=O) groups excluding carboxylic acids is 1. The SMILES string of the molecule is CCCC(=O)COCC1C(C)CCCC1C. The average molecular weight is 226 g/mol. The van der Waals surface area contributed by atoms with E-state index in [0.717, 1.165) is 24.9 Å². The van der Waals surface area contributed by atoms with Crippen molar-refractivity contribution in [3.63, 3.8) is 0 Å². The Kier molecular flexibility index (Phi) is 6.04. The second kappa shape index (κ2) is 7.05. The van der Waals surface area contributed by atoms with Crippen LogP contribution in [0.4, 0.5) is 0 Å². The molecule has 0 N–H and O–H groups in total. The molecule has 2 atom stereocenters. The summed E-state index contributed by atoms with van der Waals surface area (Å²) in [5.41, 5.74) is 0. The van der Waals surface area contributed by atoms with E-state index in [1.165, 1.54) is 19.3 Å². The molecule has 0 amide bonds. The number of ether oxygens (including phenoxy) is 1. The Morgan fingerprint density at radius 3 is 2.44 bits per heavy atom. The molecule has 94 valence electrons. The minimum atomic E-state index is 0.249. The lowest BCUT2D eigenvalue weighted by atomic mass is 9.74. The standard InChI is InChI=1S/C14H26O2/c1-4-6-13(15)9-16-10-14-11(2)7-5-8-12(14)3/h11-12,14H,4-10H2,1-3H3. The van der Waals surface area contributed by atoms with E-state index in [0.29, 0.717) is 18.9 Å². The molecule has 2 nitrogen and oxygen atoms in total. The Bertz CT molecular complexity index is 203. The van der Waals surface area contributed by atoms with Crippen LogP contribution in [0.25, 0.3) is 0 Å². The van der Waals surface area contributed by atoms with Crippen LogP contribution in [0.3, 0.4) is 0 Å². The van der Waals surface area contributed by atoms with Crippen LogP contribution in [0, 0.1) is 17.8 Å². The highest BCUT2D eigenvalue weighted by molar-refractivity contribution is 5.79. The Labute approximate surface area is 99.8 Å². The first kappa shape index (κ1) is 13.7. The minimum Gasteiger partial charge on any atom is -0.373 e. The normalized spacial score (nSPS) is 30.3. The molecule has 0 aliphatic heterocycles. The molecule has 2 unspecified atom stereocenters. The maximum absolute atomic E-state index is 11.3.